The number of ether oxygens (including phenoxy) is 3. The van der Waals surface area contributed by atoms with Crippen LogP contribution in [0.25, 0.3) is 11.5 Å². The van der Waals surface area contributed by atoms with Gasteiger partial charge in [-0.15, -0.1) is 0 Å². The van der Waals surface area contributed by atoms with Crippen LogP contribution in [0.5, 0.6) is 17.2 Å². The summed E-state index contributed by atoms with van der Waals surface area (Å²) in [4.78, 5) is 40.0. The van der Waals surface area contributed by atoms with Crippen LogP contribution in [0.15, 0.2) is 84.6 Å². The number of nitrogens with zero attached hydrogens (tertiary/aromatic N) is 1. The van der Waals surface area contributed by atoms with E-state index in [4.69, 9.17) is 18.6 Å². The molecule has 3 aliphatic carbocycles. The standard InChI is InChI=1S/C26H29NO4.C14H16Br2O3.C14H17BrO3/c1-3-7-23(26(28)29)22-12-10-19-16-20(11-13-21(19)22)30-15-14-24-17(2)31-25(27-24)18-8-5-4-6-9-18;1-3-7(14(18)19-2)8-4-5-9-10(8)6-11(15)13(17)12(9)16;1-3-9(14(17)18-2)10-5-4-8-6-13(16)12(15)7-11(8)10/h4-6,8-9,11,13,16,22-23H,3,7,10,12,14-15H2,1-2H3,(H,28,29);6-8,17H,3-5H2,1-2H3;6-7,9-10,16H,3-5H2,1-2H3. The fourth-order valence-corrected chi connectivity index (χ4v) is 12.0. The van der Waals surface area contributed by atoms with Crippen LogP contribution in [-0.2, 0) is 49.5 Å². The Morgan fingerprint density at radius 1 is 0.750 bits per heavy atom. The van der Waals surface area contributed by atoms with Crippen LogP contribution in [0.3, 0.4) is 0 Å². The number of fused-ring (bicyclic) bond motifs is 3. The molecule has 0 radical (unpaired) electrons. The summed E-state index contributed by atoms with van der Waals surface area (Å²) >= 11 is 10.1. The highest BCUT2D eigenvalue weighted by atomic mass is 79.9. The number of aryl methyl sites for hydroxylation is 3. The Balaban J connectivity index is 0.000000178. The summed E-state index contributed by atoms with van der Waals surface area (Å²) in [5.41, 5.74) is 8.81. The van der Waals surface area contributed by atoms with Crippen molar-refractivity contribution in [2.75, 3.05) is 20.8 Å². The first-order valence-corrected chi connectivity index (χ1v) is 25.9. The quantitative estimate of drug-likeness (QED) is 0.0854. The zero-order valence-corrected chi connectivity index (χ0v) is 44.3. The zero-order chi connectivity index (χ0) is 49.2. The summed E-state index contributed by atoms with van der Waals surface area (Å²) in [7, 11) is 2.87. The molecule has 14 heteroatoms. The summed E-state index contributed by atoms with van der Waals surface area (Å²) < 4.78 is 23.7. The summed E-state index contributed by atoms with van der Waals surface area (Å²) in [6.07, 6.45) is 9.25. The summed E-state index contributed by atoms with van der Waals surface area (Å²) in [5, 5.41) is 29.2. The third-order valence-corrected chi connectivity index (χ3v) is 15.9. The Labute approximate surface area is 424 Å². The van der Waals surface area contributed by atoms with Crippen molar-refractivity contribution in [2.24, 2.45) is 17.8 Å². The second-order valence-corrected chi connectivity index (χ2v) is 20.2. The van der Waals surface area contributed by atoms with E-state index in [0.29, 0.717) is 27.9 Å². The molecule has 6 unspecified atom stereocenters. The molecule has 0 saturated carbocycles. The van der Waals surface area contributed by atoms with Crippen LogP contribution in [0.2, 0.25) is 0 Å². The van der Waals surface area contributed by atoms with E-state index in [1.165, 1.54) is 25.3 Å². The minimum Gasteiger partial charge on any atom is -0.507 e. The second-order valence-electron chi connectivity index (χ2n) is 17.7. The Morgan fingerprint density at radius 2 is 1.34 bits per heavy atom. The normalized spacial score (nSPS) is 17.8. The smallest absolute Gasteiger partial charge is 0.309 e. The van der Waals surface area contributed by atoms with Crippen molar-refractivity contribution in [2.45, 2.75) is 116 Å². The van der Waals surface area contributed by atoms with Crippen LogP contribution < -0.4 is 4.74 Å². The monoisotopic (exact) mass is 1120 g/mol. The van der Waals surface area contributed by atoms with E-state index in [0.717, 1.165) is 114 Å². The molecule has 4 aromatic carbocycles. The maximum Gasteiger partial charge on any atom is 0.309 e. The lowest BCUT2D eigenvalue weighted by Gasteiger charge is -2.21. The van der Waals surface area contributed by atoms with Gasteiger partial charge in [0.05, 0.1) is 57.7 Å². The number of phenolic OH excluding ortho intramolecular Hbond substituents is 2. The third-order valence-electron chi connectivity index (χ3n) is 13.8. The molecule has 0 fully saturated rings. The maximum atomic E-state index is 11.9. The number of aromatic hydroxyl groups is 2. The lowest BCUT2D eigenvalue weighted by molar-refractivity contribution is -0.147. The highest BCUT2D eigenvalue weighted by Crippen LogP contribution is 2.49. The number of hydrogen-bond donors (Lipinski definition) is 3. The lowest BCUT2D eigenvalue weighted by Crippen LogP contribution is -2.21. The van der Waals surface area contributed by atoms with Crippen molar-refractivity contribution < 1.29 is 48.3 Å². The Bertz CT molecular complexity index is 2560. The van der Waals surface area contributed by atoms with Gasteiger partial charge < -0.3 is 33.9 Å². The van der Waals surface area contributed by atoms with Gasteiger partial charge in [0, 0.05) is 12.0 Å². The van der Waals surface area contributed by atoms with E-state index < -0.39 is 5.97 Å². The fraction of sp³-hybridized carbons (Fsp3) is 0.444. The van der Waals surface area contributed by atoms with Gasteiger partial charge in [-0.3, -0.25) is 14.4 Å². The van der Waals surface area contributed by atoms with E-state index >= 15 is 0 Å². The Hall–Kier alpha value is -4.66. The van der Waals surface area contributed by atoms with Crippen molar-refractivity contribution in [1.82, 2.24) is 4.98 Å². The SMILES string of the molecule is CCC(C(=O)OC)C1CCc2c1cc(Br)c(O)c2Br.CCC(C(=O)OC)C1CCc2cc(O)c(Br)cc21.CCCC(C(=O)O)C1CCc2cc(OCCc3nc(-c4ccccc4)oc3C)ccc21. The molecular formula is C54H62Br3NO10. The first kappa shape index (κ1) is 52.7. The Morgan fingerprint density at radius 3 is 1.94 bits per heavy atom. The molecule has 5 aromatic rings. The van der Waals surface area contributed by atoms with Crippen LogP contribution >= 0.6 is 47.8 Å². The molecule has 68 heavy (non-hydrogen) atoms. The van der Waals surface area contributed by atoms with Crippen LogP contribution in [0.1, 0.15) is 128 Å². The molecule has 364 valence electrons. The van der Waals surface area contributed by atoms with Gasteiger partial charge >= 0.3 is 17.9 Å². The molecule has 3 N–H and O–H groups in total. The number of methoxy groups -OCH3 is 2. The molecular weight excluding hydrogens is 1060 g/mol. The van der Waals surface area contributed by atoms with Crippen molar-refractivity contribution in [3.05, 3.63) is 125 Å². The number of carboxylic acid groups (broad SMARTS) is 1. The molecule has 0 saturated heterocycles. The molecule has 0 aliphatic heterocycles. The number of rotatable bonds is 15. The van der Waals surface area contributed by atoms with Crippen molar-refractivity contribution in [3.8, 4) is 28.7 Å². The molecule has 6 atom stereocenters. The lowest BCUT2D eigenvalue weighted by atomic mass is 9.84. The van der Waals surface area contributed by atoms with Gasteiger partial charge in [0.2, 0.25) is 5.89 Å². The number of hydrogen-bond acceptors (Lipinski definition) is 10. The predicted octanol–water partition coefficient (Wildman–Crippen LogP) is 13.3. The summed E-state index contributed by atoms with van der Waals surface area (Å²) in [5.74, 6) is 1.77. The highest BCUT2D eigenvalue weighted by Gasteiger charge is 2.37. The third kappa shape index (κ3) is 12.0. The van der Waals surface area contributed by atoms with Gasteiger partial charge in [-0.05, 0) is 206 Å². The molecule has 1 aromatic heterocycles. The zero-order valence-electron chi connectivity index (χ0n) is 39.6. The Kier molecular flexibility index (Phi) is 18.8. The number of aliphatic carboxylic acids is 1. The molecule has 1 heterocycles. The van der Waals surface area contributed by atoms with Gasteiger partial charge in [0.15, 0.2) is 0 Å². The van der Waals surface area contributed by atoms with Crippen molar-refractivity contribution in [1.29, 1.82) is 0 Å². The summed E-state index contributed by atoms with van der Waals surface area (Å²) in [6, 6.07) is 21.6. The minimum absolute atomic E-state index is 0.0901. The number of benzene rings is 4. The molecule has 0 bridgehead atoms. The molecule has 0 spiro atoms. The number of esters is 2. The number of carboxylic acids is 1. The van der Waals surface area contributed by atoms with E-state index in [1.54, 1.807) is 6.07 Å². The van der Waals surface area contributed by atoms with Crippen molar-refractivity contribution in [3.63, 3.8) is 0 Å². The van der Waals surface area contributed by atoms with E-state index in [1.807, 2.05) is 76.2 Å². The van der Waals surface area contributed by atoms with Gasteiger partial charge in [0.1, 0.15) is 23.0 Å². The fourth-order valence-electron chi connectivity index (χ4n) is 10.3. The second kappa shape index (κ2) is 24.3. The first-order chi connectivity index (χ1) is 32.6. The molecule has 8 rings (SSSR count). The van der Waals surface area contributed by atoms with Crippen molar-refractivity contribution >= 4 is 65.7 Å². The number of carbonyl (C=O) groups excluding carboxylic acids is 2. The predicted molar refractivity (Wildman–Crippen MR) is 272 cm³/mol. The van der Waals surface area contributed by atoms with E-state index in [-0.39, 0.29) is 58.9 Å². The maximum absolute atomic E-state index is 11.9. The average molecular weight is 1120 g/mol. The van der Waals surface area contributed by atoms with E-state index in [9.17, 15) is 29.7 Å². The van der Waals surface area contributed by atoms with Gasteiger partial charge in [0.25, 0.3) is 0 Å². The first-order valence-electron chi connectivity index (χ1n) is 23.5. The molecule has 11 nitrogen and oxygen atoms in total. The topological polar surface area (TPSA) is 166 Å². The summed E-state index contributed by atoms with van der Waals surface area (Å²) in [6.45, 7) is 8.50. The van der Waals surface area contributed by atoms with Crippen LogP contribution in [0, 0.1) is 24.7 Å². The van der Waals surface area contributed by atoms with Gasteiger partial charge in [-0.2, -0.15) is 0 Å². The van der Waals surface area contributed by atoms with Gasteiger partial charge in [-0.25, -0.2) is 4.98 Å². The minimum atomic E-state index is -0.683. The highest BCUT2D eigenvalue weighted by molar-refractivity contribution is 9.11. The largest absolute Gasteiger partial charge is 0.507 e. The average Bonchev–Trinajstić information content (AvgIpc) is 4.14. The number of halogens is 3. The number of phenols is 2. The molecule has 0 amide bonds. The van der Waals surface area contributed by atoms with E-state index in [2.05, 4.69) is 64.9 Å². The number of oxazole rings is 1. The number of aromatic nitrogens is 1. The van der Waals surface area contributed by atoms with Crippen LogP contribution in [0.4, 0.5) is 0 Å². The molecule has 3 aliphatic rings. The van der Waals surface area contributed by atoms with Gasteiger partial charge in [-0.1, -0.05) is 51.5 Å². The van der Waals surface area contributed by atoms with Crippen LogP contribution in [-0.4, -0.2) is 59.0 Å². The number of carbonyl (C=O) groups is 3.